The smallest absolute Gasteiger partial charge is 0.0883 e. The molecule has 0 aliphatic rings. The zero-order chi connectivity index (χ0) is 8.27. The van der Waals surface area contributed by atoms with Crippen molar-refractivity contribution >= 4 is 0 Å². The molecular weight excluding hydrogens is 140 g/mol. The molecule has 0 aromatic carbocycles. The van der Waals surface area contributed by atoms with Gasteiger partial charge < -0.3 is 4.90 Å². The van der Waals surface area contributed by atoms with Crippen LogP contribution < -0.4 is 4.90 Å². The summed E-state index contributed by atoms with van der Waals surface area (Å²) >= 11 is 0. The maximum Gasteiger partial charge on any atom is 0.0883 e. The Labute approximate surface area is 66.8 Å². The van der Waals surface area contributed by atoms with E-state index < -0.39 is 0 Å². The van der Waals surface area contributed by atoms with Crippen LogP contribution in [0.5, 0.6) is 0 Å². The minimum Gasteiger partial charge on any atom is -0.339 e. The second-order valence-corrected chi connectivity index (χ2v) is 3.09. The van der Waals surface area contributed by atoms with Crippen molar-refractivity contribution in [2.75, 3.05) is 20.6 Å². The third-order valence-electron chi connectivity index (χ3n) is 1.53. The fourth-order valence-corrected chi connectivity index (χ4v) is 0.888. The molecule has 0 fully saturated rings. The first kappa shape index (κ1) is 8.20. The van der Waals surface area contributed by atoms with E-state index in [4.69, 9.17) is 0 Å². The molecule has 0 saturated heterocycles. The molecule has 0 bridgehead atoms. The minimum absolute atomic E-state index is 1.01. The lowest BCUT2D eigenvalue weighted by Gasteiger charge is -2.03. The topological polar surface area (TPSA) is 35.2 Å². The predicted molar refractivity (Wildman–Crippen MR) is 42.4 cm³/mol. The van der Waals surface area contributed by atoms with Gasteiger partial charge in [0.25, 0.3) is 0 Å². The van der Waals surface area contributed by atoms with Crippen molar-refractivity contribution in [1.29, 1.82) is 0 Å². The number of aromatic nitrogens is 3. The molecule has 0 aliphatic carbocycles. The molecule has 4 heteroatoms. The summed E-state index contributed by atoms with van der Waals surface area (Å²) in [5, 5.41) is 7.84. The van der Waals surface area contributed by atoms with Crippen LogP contribution in [0.4, 0.5) is 0 Å². The monoisotopic (exact) mass is 155 g/mol. The minimum atomic E-state index is 1.01. The molecule has 1 rings (SSSR count). The SMILES string of the molecule is Cn1cc(CC[NH+](C)C)nn1. The Balaban J connectivity index is 2.39. The quantitative estimate of drug-likeness (QED) is 0.576. The molecule has 1 aromatic heterocycles. The molecule has 0 amide bonds. The highest BCUT2D eigenvalue weighted by Crippen LogP contribution is 1.89. The number of rotatable bonds is 3. The predicted octanol–water partition coefficient (Wildman–Crippen LogP) is -1.50. The molecular formula is C7H15N4+. The van der Waals surface area contributed by atoms with Crippen molar-refractivity contribution in [2.24, 2.45) is 7.05 Å². The Morgan fingerprint density at radius 3 is 2.73 bits per heavy atom. The highest BCUT2D eigenvalue weighted by molar-refractivity contribution is 4.91. The van der Waals surface area contributed by atoms with Crippen LogP contribution >= 0.6 is 0 Å². The van der Waals surface area contributed by atoms with Crippen LogP contribution in [-0.4, -0.2) is 35.6 Å². The summed E-state index contributed by atoms with van der Waals surface area (Å²) in [6.45, 7) is 1.11. The Morgan fingerprint density at radius 1 is 1.55 bits per heavy atom. The van der Waals surface area contributed by atoms with Crippen molar-refractivity contribution in [3.63, 3.8) is 0 Å². The molecule has 1 N–H and O–H groups in total. The first-order valence-corrected chi connectivity index (χ1v) is 3.82. The van der Waals surface area contributed by atoms with Crippen molar-refractivity contribution in [3.8, 4) is 0 Å². The van der Waals surface area contributed by atoms with E-state index in [1.807, 2.05) is 13.2 Å². The molecule has 0 radical (unpaired) electrons. The summed E-state index contributed by atoms with van der Waals surface area (Å²) in [4.78, 5) is 1.44. The largest absolute Gasteiger partial charge is 0.339 e. The molecule has 0 saturated carbocycles. The summed E-state index contributed by atoms with van der Waals surface area (Å²) in [5.74, 6) is 0. The summed E-state index contributed by atoms with van der Waals surface area (Å²) in [6, 6.07) is 0. The van der Waals surface area contributed by atoms with E-state index >= 15 is 0 Å². The van der Waals surface area contributed by atoms with Crippen LogP contribution in [0.15, 0.2) is 6.20 Å². The Kier molecular flexibility index (Phi) is 2.59. The number of quaternary nitrogens is 1. The molecule has 0 aliphatic heterocycles. The zero-order valence-corrected chi connectivity index (χ0v) is 7.33. The Morgan fingerprint density at radius 2 is 2.27 bits per heavy atom. The first-order chi connectivity index (χ1) is 5.18. The highest BCUT2D eigenvalue weighted by atomic mass is 15.4. The zero-order valence-electron chi connectivity index (χ0n) is 7.33. The van der Waals surface area contributed by atoms with Gasteiger partial charge >= 0.3 is 0 Å². The van der Waals surface area contributed by atoms with Gasteiger partial charge in [-0.15, -0.1) is 5.10 Å². The molecule has 1 heterocycles. The maximum atomic E-state index is 3.99. The van der Waals surface area contributed by atoms with Crippen LogP contribution in [-0.2, 0) is 13.5 Å². The van der Waals surface area contributed by atoms with Gasteiger partial charge in [0.2, 0.25) is 0 Å². The van der Waals surface area contributed by atoms with Crippen LogP contribution in [0.25, 0.3) is 0 Å². The van der Waals surface area contributed by atoms with Gasteiger partial charge in [-0.05, 0) is 0 Å². The molecule has 0 unspecified atom stereocenters. The van der Waals surface area contributed by atoms with Gasteiger partial charge in [-0.3, -0.25) is 4.68 Å². The molecule has 1 aromatic rings. The van der Waals surface area contributed by atoms with E-state index in [0.717, 1.165) is 18.7 Å². The number of nitrogens with zero attached hydrogens (tertiary/aromatic N) is 3. The number of nitrogens with one attached hydrogen (secondary N) is 1. The van der Waals surface area contributed by atoms with Gasteiger partial charge in [0.05, 0.1) is 26.3 Å². The highest BCUT2D eigenvalue weighted by Gasteiger charge is 1.99. The van der Waals surface area contributed by atoms with Gasteiger partial charge in [0.15, 0.2) is 0 Å². The normalized spacial score (nSPS) is 10.9. The molecule has 62 valence electrons. The number of hydrogen-bond donors (Lipinski definition) is 1. The van der Waals surface area contributed by atoms with E-state index in [2.05, 4.69) is 24.4 Å². The van der Waals surface area contributed by atoms with Crippen LogP contribution in [0.1, 0.15) is 5.69 Å². The van der Waals surface area contributed by atoms with Gasteiger partial charge in [0, 0.05) is 19.7 Å². The van der Waals surface area contributed by atoms with Gasteiger partial charge in [-0.2, -0.15) is 0 Å². The number of likely N-dealkylation sites (N-methyl/N-ethyl adjacent to an activating group) is 1. The van der Waals surface area contributed by atoms with E-state index in [1.165, 1.54) is 4.90 Å². The number of hydrogen-bond acceptors (Lipinski definition) is 2. The van der Waals surface area contributed by atoms with E-state index in [0.29, 0.717) is 0 Å². The van der Waals surface area contributed by atoms with Crippen LogP contribution in [0, 0.1) is 0 Å². The molecule has 11 heavy (non-hydrogen) atoms. The summed E-state index contributed by atoms with van der Waals surface area (Å²) < 4.78 is 1.74. The molecule has 4 nitrogen and oxygen atoms in total. The average Bonchev–Trinajstić information content (AvgIpc) is 2.31. The van der Waals surface area contributed by atoms with Gasteiger partial charge in [-0.25, -0.2) is 0 Å². The average molecular weight is 155 g/mol. The lowest BCUT2D eigenvalue weighted by Crippen LogP contribution is -3.06. The van der Waals surface area contributed by atoms with Crippen molar-refractivity contribution in [2.45, 2.75) is 6.42 Å². The lowest BCUT2D eigenvalue weighted by molar-refractivity contribution is -0.858. The second-order valence-electron chi connectivity index (χ2n) is 3.09. The Hall–Kier alpha value is -0.900. The lowest BCUT2D eigenvalue weighted by atomic mass is 10.3. The fourth-order valence-electron chi connectivity index (χ4n) is 0.888. The third-order valence-corrected chi connectivity index (χ3v) is 1.53. The molecule has 0 spiro atoms. The van der Waals surface area contributed by atoms with Gasteiger partial charge in [0.1, 0.15) is 0 Å². The fraction of sp³-hybridized carbons (Fsp3) is 0.714. The van der Waals surface area contributed by atoms with Gasteiger partial charge in [-0.1, -0.05) is 5.21 Å². The van der Waals surface area contributed by atoms with E-state index in [-0.39, 0.29) is 0 Å². The number of aryl methyl sites for hydroxylation is 1. The summed E-state index contributed by atoms with van der Waals surface area (Å²) in [7, 11) is 6.16. The maximum absolute atomic E-state index is 3.99. The third kappa shape index (κ3) is 2.67. The first-order valence-electron chi connectivity index (χ1n) is 3.82. The Bertz CT molecular complexity index is 216. The van der Waals surface area contributed by atoms with Crippen LogP contribution in [0.3, 0.4) is 0 Å². The van der Waals surface area contributed by atoms with Crippen molar-refractivity contribution < 1.29 is 4.90 Å². The van der Waals surface area contributed by atoms with Crippen LogP contribution in [0.2, 0.25) is 0 Å². The second kappa shape index (κ2) is 3.48. The van der Waals surface area contributed by atoms with Crippen molar-refractivity contribution in [3.05, 3.63) is 11.9 Å². The van der Waals surface area contributed by atoms with E-state index in [1.54, 1.807) is 4.68 Å². The summed E-state index contributed by atoms with van der Waals surface area (Å²) in [6.07, 6.45) is 2.97. The van der Waals surface area contributed by atoms with Crippen molar-refractivity contribution in [1.82, 2.24) is 15.0 Å². The van der Waals surface area contributed by atoms with E-state index in [9.17, 15) is 0 Å². The standard InChI is InChI=1S/C7H14N4/c1-10(2)5-4-7-6-11(3)9-8-7/h6H,4-5H2,1-3H3/p+1. The summed E-state index contributed by atoms with van der Waals surface area (Å²) in [5.41, 5.74) is 1.08. The molecule has 0 atom stereocenters.